The Hall–Kier alpha value is -1.05. The molecule has 92 valence electrons. The van der Waals surface area contributed by atoms with Crippen LogP contribution in [0.2, 0.25) is 0 Å². The van der Waals surface area contributed by atoms with Crippen LogP contribution in [0.1, 0.15) is 0 Å². The average molecular weight is 248 g/mol. The van der Waals surface area contributed by atoms with Crippen molar-refractivity contribution < 1.29 is 19.8 Å². The van der Waals surface area contributed by atoms with E-state index < -0.39 is 18.0 Å². The number of carbonyl (C=O) groups is 2. The molecule has 0 aromatic rings. The first kappa shape index (κ1) is 14.9. The van der Waals surface area contributed by atoms with E-state index >= 15 is 0 Å². The zero-order valence-corrected chi connectivity index (χ0v) is 9.63. The first-order chi connectivity index (χ1) is 7.60. The molecule has 0 spiro atoms. The van der Waals surface area contributed by atoms with Crippen LogP contribution in [0.25, 0.3) is 0 Å². The maximum Gasteiger partial charge on any atom is 0.321 e. The summed E-state index contributed by atoms with van der Waals surface area (Å²) < 4.78 is 0. The lowest BCUT2D eigenvalue weighted by Crippen LogP contribution is -2.40. The number of thioether (sulfide) groups is 1. The molecule has 1 unspecified atom stereocenters. The maximum atomic E-state index is 11.1. The van der Waals surface area contributed by atoms with Crippen LogP contribution >= 0.6 is 11.8 Å². The monoisotopic (exact) mass is 248 g/mol. The van der Waals surface area contributed by atoms with E-state index in [1.54, 1.807) is 0 Å². The van der Waals surface area contributed by atoms with Crippen LogP contribution in [0.15, 0.2) is 12.7 Å². The summed E-state index contributed by atoms with van der Waals surface area (Å²) in [5, 5.41) is 22.0. The molecular formula is C9H16N2O4S. The van der Waals surface area contributed by atoms with Gasteiger partial charge in [-0.2, -0.15) is 0 Å². The first-order valence-corrected chi connectivity index (χ1v) is 5.80. The van der Waals surface area contributed by atoms with Crippen LogP contribution < -0.4 is 10.6 Å². The zero-order valence-electron chi connectivity index (χ0n) is 8.81. The first-order valence-electron chi connectivity index (χ1n) is 4.65. The molecule has 0 aromatic heterocycles. The van der Waals surface area contributed by atoms with Crippen molar-refractivity contribution in [2.45, 2.75) is 6.10 Å². The summed E-state index contributed by atoms with van der Waals surface area (Å²) in [6, 6.07) is -0.576. The molecule has 0 aliphatic rings. The molecule has 3 amide bonds. The van der Waals surface area contributed by atoms with Gasteiger partial charge in [-0.3, -0.25) is 10.1 Å². The van der Waals surface area contributed by atoms with Crippen LogP contribution in [0, 0.1) is 0 Å². The number of nitrogens with one attached hydrogen (secondary N) is 2. The molecule has 16 heavy (non-hydrogen) atoms. The van der Waals surface area contributed by atoms with Gasteiger partial charge in [-0.05, 0) is 0 Å². The smallest absolute Gasteiger partial charge is 0.321 e. The highest BCUT2D eigenvalue weighted by atomic mass is 32.2. The van der Waals surface area contributed by atoms with E-state index in [2.05, 4.69) is 17.2 Å². The SMILES string of the molecule is C=CCNC(=O)NC(=O)CSCC(O)CO. The molecule has 0 fully saturated rings. The summed E-state index contributed by atoms with van der Waals surface area (Å²) in [6.07, 6.45) is 0.656. The lowest BCUT2D eigenvalue weighted by atomic mass is 10.4. The van der Waals surface area contributed by atoms with E-state index in [4.69, 9.17) is 10.2 Å². The minimum absolute atomic E-state index is 0.0541. The van der Waals surface area contributed by atoms with Crippen LogP contribution in [0.5, 0.6) is 0 Å². The number of aliphatic hydroxyl groups excluding tert-OH is 2. The number of hydrogen-bond acceptors (Lipinski definition) is 5. The molecule has 0 radical (unpaired) electrons. The Morgan fingerprint density at radius 2 is 2.19 bits per heavy atom. The van der Waals surface area contributed by atoms with Gasteiger partial charge in [0, 0.05) is 12.3 Å². The quantitative estimate of drug-likeness (QED) is 0.437. The molecule has 0 aliphatic carbocycles. The van der Waals surface area contributed by atoms with Gasteiger partial charge in [0.25, 0.3) is 0 Å². The number of aliphatic hydroxyl groups is 2. The van der Waals surface area contributed by atoms with Crippen molar-refractivity contribution in [3.05, 3.63) is 12.7 Å². The standard InChI is InChI=1S/C9H16N2O4S/c1-2-3-10-9(15)11-8(14)6-16-5-7(13)4-12/h2,7,12-13H,1,3-6H2,(H2,10,11,14,15). The third kappa shape index (κ3) is 8.27. The minimum atomic E-state index is -0.840. The molecule has 0 heterocycles. The van der Waals surface area contributed by atoms with Crippen LogP contribution in [0.3, 0.4) is 0 Å². The number of urea groups is 1. The van der Waals surface area contributed by atoms with E-state index in [0.717, 1.165) is 11.8 Å². The Bertz CT molecular complexity index is 248. The van der Waals surface area contributed by atoms with Crippen LogP contribution in [0.4, 0.5) is 4.79 Å². The fraction of sp³-hybridized carbons (Fsp3) is 0.556. The molecule has 1 atom stereocenters. The Morgan fingerprint density at radius 3 is 2.75 bits per heavy atom. The van der Waals surface area contributed by atoms with Crippen LogP contribution in [-0.2, 0) is 4.79 Å². The molecule has 6 nitrogen and oxygen atoms in total. The van der Waals surface area contributed by atoms with Gasteiger partial charge in [0.05, 0.1) is 18.5 Å². The van der Waals surface area contributed by atoms with Gasteiger partial charge in [0.15, 0.2) is 0 Å². The summed E-state index contributed by atoms with van der Waals surface area (Å²) in [5.74, 6) is -0.145. The largest absolute Gasteiger partial charge is 0.394 e. The van der Waals surface area contributed by atoms with Gasteiger partial charge in [0.1, 0.15) is 0 Å². The number of hydrogen-bond donors (Lipinski definition) is 4. The van der Waals surface area contributed by atoms with Crippen molar-refractivity contribution in [1.82, 2.24) is 10.6 Å². The molecule has 0 saturated heterocycles. The fourth-order valence-corrected chi connectivity index (χ4v) is 1.47. The van der Waals surface area contributed by atoms with Gasteiger partial charge in [-0.25, -0.2) is 4.79 Å². The van der Waals surface area contributed by atoms with Crippen molar-refractivity contribution in [3.8, 4) is 0 Å². The highest BCUT2D eigenvalue weighted by molar-refractivity contribution is 7.99. The second kappa shape index (κ2) is 9.20. The predicted molar refractivity (Wildman–Crippen MR) is 62.2 cm³/mol. The van der Waals surface area contributed by atoms with Gasteiger partial charge in [-0.15, -0.1) is 18.3 Å². The van der Waals surface area contributed by atoms with Crippen molar-refractivity contribution >= 4 is 23.7 Å². The summed E-state index contributed by atoms with van der Waals surface area (Å²) in [5.41, 5.74) is 0. The van der Waals surface area contributed by atoms with Crippen molar-refractivity contribution in [2.24, 2.45) is 0 Å². The summed E-state index contributed by atoms with van der Waals surface area (Å²) >= 11 is 1.14. The number of amides is 3. The molecule has 0 saturated carbocycles. The van der Waals surface area contributed by atoms with E-state index in [0.29, 0.717) is 0 Å². The topological polar surface area (TPSA) is 98.7 Å². The molecule has 0 aromatic carbocycles. The number of imide groups is 1. The van der Waals surface area contributed by atoms with Crippen molar-refractivity contribution in [3.63, 3.8) is 0 Å². The van der Waals surface area contributed by atoms with E-state index in [-0.39, 0.29) is 24.7 Å². The highest BCUT2D eigenvalue weighted by Crippen LogP contribution is 2.01. The normalized spacial score (nSPS) is 11.6. The van der Waals surface area contributed by atoms with E-state index in [9.17, 15) is 9.59 Å². The average Bonchev–Trinajstić information content (AvgIpc) is 2.25. The molecule has 0 rings (SSSR count). The zero-order chi connectivity index (χ0) is 12.4. The third-order valence-electron chi connectivity index (χ3n) is 1.41. The van der Waals surface area contributed by atoms with E-state index in [1.807, 2.05) is 0 Å². The molecule has 4 N–H and O–H groups in total. The maximum absolute atomic E-state index is 11.1. The Morgan fingerprint density at radius 1 is 1.50 bits per heavy atom. The lowest BCUT2D eigenvalue weighted by Gasteiger charge is -2.07. The van der Waals surface area contributed by atoms with Gasteiger partial charge in [-0.1, -0.05) is 6.08 Å². The van der Waals surface area contributed by atoms with Crippen LogP contribution in [-0.4, -0.2) is 52.9 Å². The Kier molecular flexibility index (Phi) is 8.59. The Labute approximate surface area is 98.1 Å². The lowest BCUT2D eigenvalue weighted by molar-refractivity contribution is -0.117. The Balaban J connectivity index is 3.58. The third-order valence-corrected chi connectivity index (χ3v) is 2.50. The second-order valence-electron chi connectivity index (χ2n) is 2.90. The molecule has 0 aliphatic heterocycles. The van der Waals surface area contributed by atoms with Gasteiger partial charge in [0.2, 0.25) is 5.91 Å². The highest BCUT2D eigenvalue weighted by Gasteiger charge is 2.08. The van der Waals surface area contributed by atoms with Gasteiger partial charge < -0.3 is 15.5 Å². The second-order valence-corrected chi connectivity index (χ2v) is 3.93. The van der Waals surface area contributed by atoms with Gasteiger partial charge >= 0.3 is 6.03 Å². The molecule has 0 bridgehead atoms. The molecular weight excluding hydrogens is 232 g/mol. The predicted octanol–water partition coefficient (Wildman–Crippen LogP) is -0.915. The fourth-order valence-electron chi connectivity index (χ4n) is 0.712. The summed E-state index contributed by atoms with van der Waals surface area (Å²) in [6.45, 7) is 3.36. The van der Waals surface area contributed by atoms with Crippen molar-refractivity contribution in [1.29, 1.82) is 0 Å². The van der Waals surface area contributed by atoms with Crippen molar-refractivity contribution in [2.75, 3.05) is 24.7 Å². The number of rotatable bonds is 7. The number of carbonyl (C=O) groups excluding carboxylic acids is 2. The minimum Gasteiger partial charge on any atom is -0.394 e. The summed E-state index contributed by atoms with van der Waals surface area (Å²) in [4.78, 5) is 22.1. The van der Waals surface area contributed by atoms with E-state index in [1.165, 1.54) is 6.08 Å². The molecule has 7 heteroatoms. The summed E-state index contributed by atoms with van der Waals surface area (Å²) in [7, 11) is 0.